The molecule has 0 unspecified atom stereocenters. The Balaban J connectivity index is 1.87. The van der Waals surface area contributed by atoms with Crippen molar-refractivity contribution in [3.8, 4) is 0 Å². The van der Waals surface area contributed by atoms with Gasteiger partial charge in [-0.2, -0.15) is 0 Å². The van der Waals surface area contributed by atoms with Crippen molar-refractivity contribution < 1.29 is 19.1 Å². The van der Waals surface area contributed by atoms with Gasteiger partial charge in [0.15, 0.2) is 0 Å². The smallest absolute Gasteiger partial charge is 0.339 e. The Kier molecular flexibility index (Phi) is 7.63. The highest BCUT2D eigenvalue weighted by Gasteiger charge is 2.30. The summed E-state index contributed by atoms with van der Waals surface area (Å²) >= 11 is 0. The molecule has 2 rings (SSSR count). The maximum Gasteiger partial charge on any atom is 0.339 e. The van der Waals surface area contributed by atoms with Gasteiger partial charge < -0.3 is 15.4 Å². The van der Waals surface area contributed by atoms with Crippen molar-refractivity contribution in [3.05, 3.63) is 29.8 Å². The number of esters is 1. The molecule has 6 nitrogen and oxygen atoms in total. The van der Waals surface area contributed by atoms with E-state index in [9.17, 15) is 14.4 Å². The third-order valence-corrected chi connectivity index (χ3v) is 4.89. The zero-order valence-corrected chi connectivity index (χ0v) is 15.5. The number of rotatable bonds is 7. The third kappa shape index (κ3) is 5.31. The SMILES string of the molecule is CCCCNC(=O)C1CCC(C(=O)Nc2ccccc2C(=O)OC)CC1. The largest absolute Gasteiger partial charge is 0.465 e. The van der Waals surface area contributed by atoms with Crippen molar-refractivity contribution in [2.45, 2.75) is 45.4 Å². The number of nitrogens with one attached hydrogen (secondary N) is 2. The minimum Gasteiger partial charge on any atom is -0.465 e. The van der Waals surface area contributed by atoms with Crippen LogP contribution in [0.1, 0.15) is 55.8 Å². The van der Waals surface area contributed by atoms with Gasteiger partial charge in [-0.05, 0) is 44.2 Å². The summed E-state index contributed by atoms with van der Waals surface area (Å²) in [6.07, 6.45) is 4.84. The van der Waals surface area contributed by atoms with Crippen LogP contribution in [0.3, 0.4) is 0 Å². The molecule has 0 radical (unpaired) electrons. The molecule has 1 saturated carbocycles. The molecule has 142 valence electrons. The Morgan fingerprint density at radius 1 is 1.04 bits per heavy atom. The quantitative estimate of drug-likeness (QED) is 0.578. The van der Waals surface area contributed by atoms with Crippen molar-refractivity contribution in [1.29, 1.82) is 0 Å². The van der Waals surface area contributed by atoms with Gasteiger partial charge in [-0.15, -0.1) is 0 Å². The van der Waals surface area contributed by atoms with E-state index in [4.69, 9.17) is 4.74 Å². The van der Waals surface area contributed by atoms with E-state index in [0.29, 0.717) is 36.9 Å². The molecule has 0 saturated heterocycles. The predicted molar refractivity (Wildman–Crippen MR) is 99.8 cm³/mol. The van der Waals surface area contributed by atoms with Gasteiger partial charge in [-0.3, -0.25) is 9.59 Å². The minimum atomic E-state index is -0.478. The van der Waals surface area contributed by atoms with Crippen LogP contribution in [0, 0.1) is 11.8 Å². The van der Waals surface area contributed by atoms with Crippen molar-refractivity contribution in [2.24, 2.45) is 11.8 Å². The Hall–Kier alpha value is -2.37. The van der Waals surface area contributed by atoms with Crippen LogP contribution in [0.15, 0.2) is 24.3 Å². The number of hydrogen-bond acceptors (Lipinski definition) is 4. The van der Waals surface area contributed by atoms with Crippen LogP contribution >= 0.6 is 0 Å². The maximum absolute atomic E-state index is 12.6. The molecule has 0 aliphatic heterocycles. The van der Waals surface area contributed by atoms with Gasteiger partial charge in [-0.25, -0.2) is 4.79 Å². The molecule has 0 spiro atoms. The van der Waals surface area contributed by atoms with Gasteiger partial charge in [0.2, 0.25) is 11.8 Å². The summed E-state index contributed by atoms with van der Waals surface area (Å²) in [4.78, 5) is 36.5. The maximum atomic E-state index is 12.6. The van der Waals surface area contributed by atoms with Crippen molar-refractivity contribution in [3.63, 3.8) is 0 Å². The lowest BCUT2D eigenvalue weighted by Crippen LogP contribution is -2.36. The molecule has 1 aliphatic carbocycles. The summed E-state index contributed by atoms with van der Waals surface area (Å²) in [6, 6.07) is 6.81. The average molecular weight is 360 g/mol. The molecule has 2 amide bonds. The number of carbonyl (C=O) groups is 3. The molecule has 1 aromatic carbocycles. The molecule has 0 bridgehead atoms. The average Bonchev–Trinajstić information content (AvgIpc) is 2.68. The fourth-order valence-corrected chi connectivity index (χ4v) is 3.27. The molecule has 0 aromatic heterocycles. The van der Waals surface area contributed by atoms with E-state index in [1.165, 1.54) is 7.11 Å². The number of amides is 2. The van der Waals surface area contributed by atoms with E-state index in [1.54, 1.807) is 24.3 Å². The fraction of sp³-hybridized carbons (Fsp3) is 0.550. The first-order valence-corrected chi connectivity index (χ1v) is 9.32. The fourth-order valence-electron chi connectivity index (χ4n) is 3.27. The number of ether oxygens (including phenoxy) is 1. The lowest BCUT2D eigenvalue weighted by atomic mass is 9.81. The van der Waals surface area contributed by atoms with E-state index >= 15 is 0 Å². The summed E-state index contributed by atoms with van der Waals surface area (Å²) < 4.78 is 4.75. The Bertz CT molecular complexity index is 636. The highest BCUT2D eigenvalue weighted by molar-refractivity contribution is 6.01. The zero-order chi connectivity index (χ0) is 18.9. The van der Waals surface area contributed by atoms with Crippen molar-refractivity contribution in [1.82, 2.24) is 5.32 Å². The second kappa shape index (κ2) is 9.94. The summed E-state index contributed by atoms with van der Waals surface area (Å²) in [6.45, 7) is 2.81. The lowest BCUT2D eigenvalue weighted by molar-refractivity contribution is -0.128. The molecule has 2 N–H and O–H groups in total. The summed E-state index contributed by atoms with van der Waals surface area (Å²) in [5.74, 6) is -0.619. The predicted octanol–water partition coefficient (Wildman–Crippen LogP) is 3.13. The highest BCUT2D eigenvalue weighted by atomic mass is 16.5. The molecule has 0 heterocycles. The highest BCUT2D eigenvalue weighted by Crippen LogP contribution is 2.30. The van der Waals surface area contributed by atoms with Crippen LogP contribution in [-0.4, -0.2) is 31.4 Å². The zero-order valence-electron chi connectivity index (χ0n) is 15.5. The standard InChI is InChI=1S/C20H28N2O4/c1-3-4-13-21-18(23)14-9-11-15(12-10-14)19(24)22-17-8-6-5-7-16(17)20(25)26-2/h5-8,14-15H,3-4,9-13H2,1-2H3,(H,21,23)(H,22,24). The van der Waals surface area contributed by atoms with E-state index < -0.39 is 5.97 Å². The Labute approximate surface area is 154 Å². The van der Waals surface area contributed by atoms with Crippen LogP contribution in [0.25, 0.3) is 0 Å². The summed E-state index contributed by atoms with van der Waals surface area (Å²) in [5, 5.41) is 5.81. The molecule has 1 fully saturated rings. The summed E-state index contributed by atoms with van der Waals surface area (Å²) in [5.41, 5.74) is 0.802. The number of benzene rings is 1. The number of unbranched alkanes of at least 4 members (excludes halogenated alkanes) is 1. The molecule has 0 atom stereocenters. The van der Waals surface area contributed by atoms with Gasteiger partial charge in [0.25, 0.3) is 0 Å². The molecule has 26 heavy (non-hydrogen) atoms. The molecular weight excluding hydrogens is 332 g/mol. The number of carbonyl (C=O) groups excluding carboxylic acids is 3. The number of hydrogen-bond donors (Lipinski definition) is 2. The Morgan fingerprint density at radius 2 is 1.65 bits per heavy atom. The minimum absolute atomic E-state index is 0.00161. The molecule has 6 heteroatoms. The molecule has 1 aliphatic rings. The number of para-hydroxylation sites is 1. The van der Waals surface area contributed by atoms with Crippen LogP contribution in [0.4, 0.5) is 5.69 Å². The summed E-state index contributed by atoms with van der Waals surface area (Å²) in [7, 11) is 1.31. The van der Waals surface area contributed by atoms with E-state index in [2.05, 4.69) is 17.6 Å². The van der Waals surface area contributed by atoms with E-state index in [0.717, 1.165) is 19.4 Å². The topological polar surface area (TPSA) is 84.5 Å². The van der Waals surface area contributed by atoms with Crippen LogP contribution < -0.4 is 10.6 Å². The van der Waals surface area contributed by atoms with Crippen LogP contribution in [0.2, 0.25) is 0 Å². The monoisotopic (exact) mass is 360 g/mol. The molecular formula is C20H28N2O4. The number of methoxy groups -OCH3 is 1. The first-order chi connectivity index (χ1) is 12.6. The number of anilines is 1. The second-order valence-electron chi connectivity index (χ2n) is 6.72. The van der Waals surface area contributed by atoms with Gasteiger partial charge in [0.05, 0.1) is 18.4 Å². The van der Waals surface area contributed by atoms with Gasteiger partial charge in [0.1, 0.15) is 0 Å². The first kappa shape index (κ1) is 19.9. The molecule has 1 aromatic rings. The van der Waals surface area contributed by atoms with Crippen LogP contribution in [0.5, 0.6) is 0 Å². The van der Waals surface area contributed by atoms with Crippen LogP contribution in [-0.2, 0) is 14.3 Å². The Morgan fingerprint density at radius 3 is 2.27 bits per heavy atom. The van der Waals surface area contributed by atoms with Gasteiger partial charge in [-0.1, -0.05) is 25.5 Å². The lowest BCUT2D eigenvalue weighted by Gasteiger charge is -2.27. The second-order valence-corrected chi connectivity index (χ2v) is 6.72. The van der Waals surface area contributed by atoms with E-state index in [-0.39, 0.29) is 23.7 Å². The van der Waals surface area contributed by atoms with E-state index in [1.807, 2.05) is 0 Å². The van der Waals surface area contributed by atoms with Gasteiger partial charge >= 0.3 is 5.97 Å². The van der Waals surface area contributed by atoms with Crippen molar-refractivity contribution >= 4 is 23.5 Å². The third-order valence-electron chi connectivity index (χ3n) is 4.89. The van der Waals surface area contributed by atoms with Crippen molar-refractivity contribution in [2.75, 3.05) is 19.0 Å². The first-order valence-electron chi connectivity index (χ1n) is 9.32. The normalized spacial score (nSPS) is 19.5. The van der Waals surface area contributed by atoms with Gasteiger partial charge in [0, 0.05) is 18.4 Å².